The van der Waals surface area contributed by atoms with Crippen molar-refractivity contribution in [1.82, 2.24) is 4.57 Å². The molecule has 0 radical (unpaired) electrons. The van der Waals surface area contributed by atoms with Crippen molar-refractivity contribution in [1.29, 1.82) is 0 Å². The summed E-state index contributed by atoms with van der Waals surface area (Å²) in [5, 5.41) is 0. The van der Waals surface area contributed by atoms with Crippen molar-refractivity contribution >= 4 is 5.82 Å². The molecular formula is C10H16N2O. The van der Waals surface area contributed by atoms with E-state index in [0.29, 0.717) is 5.82 Å². The second-order valence-electron chi connectivity index (χ2n) is 4.32. The van der Waals surface area contributed by atoms with Gasteiger partial charge in [-0.2, -0.15) is 0 Å². The average molecular weight is 180 g/mol. The standard InChI is InChI=1S/C10H16N2O/c1-10(2,3)7-5-8(11)12(4)9(13)6-7/h5-6H,11H2,1-4H3. The van der Waals surface area contributed by atoms with Crippen LogP contribution in [0.5, 0.6) is 0 Å². The van der Waals surface area contributed by atoms with Crippen molar-refractivity contribution in [2.45, 2.75) is 26.2 Å². The van der Waals surface area contributed by atoms with Crippen LogP contribution in [0.15, 0.2) is 16.9 Å². The van der Waals surface area contributed by atoms with Gasteiger partial charge in [0, 0.05) is 13.1 Å². The minimum absolute atomic E-state index is 0.0263. The Hall–Kier alpha value is -1.25. The molecule has 0 spiro atoms. The Kier molecular flexibility index (Phi) is 2.20. The molecule has 0 fully saturated rings. The molecule has 72 valence electrons. The molecule has 0 aliphatic heterocycles. The molecule has 0 aliphatic rings. The summed E-state index contributed by atoms with van der Waals surface area (Å²) in [5.41, 5.74) is 6.58. The van der Waals surface area contributed by atoms with Gasteiger partial charge < -0.3 is 5.73 Å². The van der Waals surface area contributed by atoms with E-state index in [9.17, 15) is 4.79 Å². The zero-order chi connectivity index (χ0) is 10.2. The SMILES string of the molecule is Cn1c(N)cc(C(C)(C)C)cc1=O. The summed E-state index contributed by atoms with van der Waals surface area (Å²) in [6.45, 7) is 6.17. The fourth-order valence-corrected chi connectivity index (χ4v) is 1.09. The summed E-state index contributed by atoms with van der Waals surface area (Å²) in [7, 11) is 1.67. The summed E-state index contributed by atoms with van der Waals surface area (Å²) in [4.78, 5) is 11.4. The molecule has 0 saturated heterocycles. The molecule has 2 N–H and O–H groups in total. The molecule has 0 aliphatic carbocycles. The van der Waals surface area contributed by atoms with Gasteiger partial charge in [0.1, 0.15) is 5.82 Å². The fraction of sp³-hybridized carbons (Fsp3) is 0.500. The van der Waals surface area contributed by atoms with E-state index >= 15 is 0 Å². The van der Waals surface area contributed by atoms with Crippen LogP contribution in [0.4, 0.5) is 5.82 Å². The first-order chi connectivity index (χ1) is 5.82. The van der Waals surface area contributed by atoms with Gasteiger partial charge in [0.2, 0.25) is 0 Å². The van der Waals surface area contributed by atoms with Crippen molar-refractivity contribution in [2.24, 2.45) is 7.05 Å². The minimum atomic E-state index is -0.0510. The van der Waals surface area contributed by atoms with Crippen LogP contribution in [-0.2, 0) is 12.5 Å². The smallest absolute Gasteiger partial charge is 0.252 e. The number of hydrogen-bond acceptors (Lipinski definition) is 2. The van der Waals surface area contributed by atoms with Crippen molar-refractivity contribution < 1.29 is 0 Å². The highest BCUT2D eigenvalue weighted by molar-refractivity contribution is 5.36. The maximum Gasteiger partial charge on any atom is 0.252 e. The largest absolute Gasteiger partial charge is 0.385 e. The number of nitrogens with zero attached hydrogens (tertiary/aromatic N) is 1. The number of nitrogen functional groups attached to an aromatic ring is 1. The third-order valence-electron chi connectivity index (χ3n) is 2.17. The number of hydrogen-bond donors (Lipinski definition) is 1. The van der Waals surface area contributed by atoms with E-state index in [1.807, 2.05) is 6.07 Å². The Bertz CT molecular complexity index is 371. The normalized spacial score (nSPS) is 11.7. The molecule has 0 bridgehead atoms. The lowest BCUT2D eigenvalue weighted by molar-refractivity contribution is 0.586. The van der Waals surface area contributed by atoms with Gasteiger partial charge in [0.15, 0.2) is 0 Å². The second kappa shape index (κ2) is 2.91. The first-order valence-corrected chi connectivity index (χ1v) is 4.29. The molecule has 0 amide bonds. The summed E-state index contributed by atoms with van der Waals surface area (Å²) in [6, 6.07) is 3.48. The zero-order valence-electron chi connectivity index (χ0n) is 8.59. The molecule has 1 aromatic heterocycles. The van der Waals surface area contributed by atoms with E-state index < -0.39 is 0 Å². The maximum atomic E-state index is 11.4. The number of aromatic nitrogens is 1. The van der Waals surface area contributed by atoms with Crippen molar-refractivity contribution in [2.75, 3.05) is 5.73 Å². The Morgan fingerprint density at radius 2 is 1.85 bits per heavy atom. The van der Waals surface area contributed by atoms with Gasteiger partial charge in [-0.1, -0.05) is 20.8 Å². The highest BCUT2D eigenvalue weighted by Crippen LogP contribution is 2.21. The van der Waals surface area contributed by atoms with E-state index in [4.69, 9.17) is 5.73 Å². The monoisotopic (exact) mass is 180 g/mol. The van der Waals surface area contributed by atoms with Crippen LogP contribution in [0.1, 0.15) is 26.3 Å². The number of rotatable bonds is 0. The predicted molar refractivity (Wildman–Crippen MR) is 54.8 cm³/mol. The molecule has 3 nitrogen and oxygen atoms in total. The minimum Gasteiger partial charge on any atom is -0.385 e. The predicted octanol–water partition coefficient (Wildman–Crippen LogP) is 1.27. The number of anilines is 1. The van der Waals surface area contributed by atoms with Crippen molar-refractivity contribution in [3.8, 4) is 0 Å². The van der Waals surface area contributed by atoms with Gasteiger partial charge in [-0.15, -0.1) is 0 Å². The summed E-state index contributed by atoms with van der Waals surface area (Å²) in [6.07, 6.45) is 0. The molecule has 0 aromatic carbocycles. The number of nitrogens with two attached hydrogens (primary N) is 1. The zero-order valence-corrected chi connectivity index (χ0v) is 8.59. The molecule has 0 unspecified atom stereocenters. The molecule has 1 rings (SSSR count). The van der Waals surface area contributed by atoms with Crippen molar-refractivity contribution in [3.63, 3.8) is 0 Å². The molecule has 0 saturated carbocycles. The van der Waals surface area contributed by atoms with Crippen LogP contribution in [0.2, 0.25) is 0 Å². The van der Waals surface area contributed by atoms with Crippen LogP contribution in [0.3, 0.4) is 0 Å². The highest BCUT2D eigenvalue weighted by atomic mass is 16.1. The Balaban J connectivity index is 3.38. The lowest BCUT2D eigenvalue weighted by atomic mass is 9.88. The Morgan fingerprint density at radius 3 is 2.23 bits per heavy atom. The topological polar surface area (TPSA) is 48.0 Å². The maximum absolute atomic E-state index is 11.4. The Morgan fingerprint density at radius 1 is 1.31 bits per heavy atom. The van der Waals surface area contributed by atoms with Gasteiger partial charge in [-0.3, -0.25) is 9.36 Å². The van der Waals surface area contributed by atoms with Gasteiger partial charge in [-0.25, -0.2) is 0 Å². The van der Waals surface area contributed by atoms with Crippen LogP contribution in [0, 0.1) is 0 Å². The van der Waals surface area contributed by atoms with Crippen LogP contribution in [-0.4, -0.2) is 4.57 Å². The molecule has 1 heterocycles. The molecule has 0 atom stereocenters. The molecule has 3 heteroatoms. The fourth-order valence-electron chi connectivity index (χ4n) is 1.09. The van der Waals surface area contributed by atoms with Gasteiger partial charge in [-0.05, 0) is 17.0 Å². The van der Waals surface area contributed by atoms with E-state index in [2.05, 4.69) is 20.8 Å². The van der Waals surface area contributed by atoms with Crippen LogP contribution in [0.25, 0.3) is 0 Å². The molecule has 1 aromatic rings. The summed E-state index contributed by atoms with van der Waals surface area (Å²) >= 11 is 0. The van der Waals surface area contributed by atoms with Gasteiger partial charge >= 0.3 is 0 Å². The summed E-state index contributed by atoms with van der Waals surface area (Å²) in [5.74, 6) is 0.512. The van der Waals surface area contributed by atoms with E-state index in [0.717, 1.165) is 5.56 Å². The van der Waals surface area contributed by atoms with Crippen LogP contribution < -0.4 is 11.3 Å². The van der Waals surface area contributed by atoms with E-state index in [-0.39, 0.29) is 11.0 Å². The van der Waals surface area contributed by atoms with E-state index in [1.54, 1.807) is 13.1 Å². The molecule has 13 heavy (non-hydrogen) atoms. The lowest BCUT2D eigenvalue weighted by Gasteiger charge is -2.19. The third kappa shape index (κ3) is 1.91. The first-order valence-electron chi connectivity index (χ1n) is 4.29. The second-order valence-corrected chi connectivity index (χ2v) is 4.32. The van der Waals surface area contributed by atoms with Crippen molar-refractivity contribution in [3.05, 3.63) is 28.0 Å². The first kappa shape index (κ1) is 9.84. The average Bonchev–Trinajstić information content (AvgIpc) is 1.97. The Labute approximate surface area is 78.2 Å². The van der Waals surface area contributed by atoms with E-state index in [1.165, 1.54) is 4.57 Å². The quantitative estimate of drug-likeness (QED) is 0.653. The highest BCUT2D eigenvalue weighted by Gasteiger charge is 2.15. The van der Waals surface area contributed by atoms with Gasteiger partial charge in [0.05, 0.1) is 0 Å². The molecular weight excluding hydrogens is 164 g/mol. The third-order valence-corrected chi connectivity index (χ3v) is 2.17. The summed E-state index contributed by atoms with van der Waals surface area (Å²) < 4.78 is 1.44. The number of pyridine rings is 1. The lowest BCUT2D eigenvalue weighted by Crippen LogP contribution is -2.23. The van der Waals surface area contributed by atoms with Crippen LogP contribution >= 0.6 is 0 Å². The van der Waals surface area contributed by atoms with Gasteiger partial charge in [0.25, 0.3) is 5.56 Å².